The van der Waals surface area contributed by atoms with E-state index in [1.165, 1.54) is 18.2 Å². The van der Waals surface area contributed by atoms with Gasteiger partial charge >= 0.3 is 0 Å². The molecule has 0 aliphatic heterocycles. The highest BCUT2D eigenvalue weighted by Crippen LogP contribution is 2.24. The molecule has 7 heteroatoms. The summed E-state index contributed by atoms with van der Waals surface area (Å²) in [5, 5.41) is 2.93. The predicted octanol–water partition coefficient (Wildman–Crippen LogP) is 5.29. The van der Waals surface area contributed by atoms with E-state index in [-0.39, 0.29) is 10.2 Å². The van der Waals surface area contributed by atoms with E-state index < -0.39 is 23.1 Å². The molecule has 2 nitrogen and oxygen atoms in total. The number of carbonyl (C=O) groups is 1. The number of anilines is 1. The number of hydrogen-bond acceptors (Lipinski definition) is 1. The van der Waals surface area contributed by atoms with E-state index in [4.69, 9.17) is 23.2 Å². The van der Waals surface area contributed by atoms with Gasteiger partial charge in [-0.2, -0.15) is 0 Å². The van der Waals surface area contributed by atoms with E-state index in [0.717, 1.165) is 12.1 Å². The summed E-state index contributed by atoms with van der Waals surface area (Å²) in [7, 11) is 0. The SMILES string of the molecule is O=C(Nc1cc(Cl)cc(Cl)c1)c1c(F)cc(Br)cc1F. The maximum absolute atomic E-state index is 13.6. The number of hydrogen-bond donors (Lipinski definition) is 1. The molecule has 0 atom stereocenters. The van der Waals surface area contributed by atoms with Gasteiger partial charge in [0.1, 0.15) is 17.2 Å². The maximum Gasteiger partial charge on any atom is 0.261 e. The molecular formula is C13H6BrCl2F2NO. The minimum absolute atomic E-state index is 0.204. The summed E-state index contributed by atoms with van der Waals surface area (Å²) in [5.74, 6) is -2.86. The zero-order valence-corrected chi connectivity index (χ0v) is 12.8. The normalized spacial score (nSPS) is 10.4. The van der Waals surface area contributed by atoms with Crippen LogP contribution in [0.1, 0.15) is 10.4 Å². The summed E-state index contributed by atoms with van der Waals surface area (Å²) in [6, 6.07) is 6.31. The average molecular weight is 381 g/mol. The van der Waals surface area contributed by atoms with E-state index in [1.807, 2.05) is 0 Å². The van der Waals surface area contributed by atoms with Crippen LogP contribution in [0.2, 0.25) is 10.0 Å². The molecule has 0 aliphatic carbocycles. The molecule has 2 aromatic rings. The Balaban J connectivity index is 2.33. The first-order valence-corrected chi connectivity index (χ1v) is 6.83. The van der Waals surface area contributed by atoms with E-state index in [0.29, 0.717) is 10.0 Å². The summed E-state index contributed by atoms with van der Waals surface area (Å²) in [5.41, 5.74) is -0.432. The molecule has 1 amide bonds. The van der Waals surface area contributed by atoms with Crippen molar-refractivity contribution in [1.82, 2.24) is 0 Å². The zero-order valence-electron chi connectivity index (χ0n) is 9.68. The summed E-state index contributed by atoms with van der Waals surface area (Å²) in [6.45, 7) is 0. The molecule has 2 rings (SSSR count). The molecule has 0 aromatic heterocycles. The number of rotatable bonds is 2. The fourth-order valence-corrected chi connectivity index (χ4v) is 2.51. The van der Waals surface area contributed by atoms with Gasteiger partial charge in [0.2, 0.25) is 0 Å². The van der Waals surface area contributed by atoms with E-state index in [9.17, 15) is 13.6 Å². The number of amides is 1. The fraction of sp³-hybridized carbons (Fsp3) is 0. The second-order valence-electron chi connectivity index (χ2n) is 3.86. The van der Waals surface area contributed by atoms with E-state index in [1.54, 1.807) is 0 Å². The lowest BCUT2D eigenvalue weighted by Crippen LogP contribution is -2.16. The van der Waals surface area contributed by atoms with Crippen molar-refractivity contribution in [3.8, 4) is 0 Å². The lowest BCUT2D eigenvalue weighted by molar-refractivity contribution is 0.101. The van der Waals surface area contributed by atoms with Crippen LogP contribution in [0.4, 0.5) is 14.5 Å². The lowest BCUT2D eigenvalue weighted by Gasteiger charge is -2.08. The molecule has 0 saturated carbocycles. The largest absolute Gasteiger partial charge is 0.322 e. The van der Waals surface area contributed by atoms with Gasteiger partial charge in [0.25, 0.3) is 5.91 Å². The molecule has 104 valence electrons. The Morgan fingerprint density at radius 2 is 1.50 bits per heavy atom. The van der Waals surface area contributed by atoms with Gasteiger partial charge in [-0.1, -0.05) is 39.1 Å². The monoisotopic (exact) mass is 379 g/mol. The van der Waals surface area contributed by atoms with Crippen molar-refractivity contribution in [2.24, 2.45) is 0 Å². The average Bonchev–Trinajstić information content (AvgIpc) is 2.25. The van der Waals surface area contributed by atoms with Gasteiger partial charge in [-0.25, -0.2) is 8.78 Å². The Kier molecular flexibility index (Phi) is 4.62. The number of carbonyl (C=O) groups excluding carboxylic acids is 1. The summed E-state index contributed by atoms with van der Waals surface area (Å²) in [6.07, 6.45) is 0. The van der Waals surface area contributed by atoms with Crippen LogP contribution in [-0.2, 0) is 0 Å². The van der Waals surface area contributed by atoms with Crippen molar-refractivity contribution in [1.29, 1.82) is 0 Å². The Hall–Kier alpha value is -1.17. The first-order valence-electron chi connectivity index (χ1n) is 5.29. The van der Waals surface area contributed by atoms with Crippen LogP contribution >= 0.6 is 39.1 Å². The van der Waals surface area contributed by atoms with Crippen LogP contribution in [0.3, 0.4) is 0 Å². The molecular weight excluding hydrogens is 375 g/mol. The third-order valence-corrected chi connectivity index (χ3v) is 3.25. The Bertz CT molecular complexity index is 651. The van der Waals surface area contributed by atoms with Gasteiger partial charge in [-0.3, -0.25) is 4.79 Å². The van der Waals surface area contributed by atoms with E-state index in [2.05, 4.69) is 21.2 Å². The van der Waals surface area contributed by atoms with Crippen molar-refractivity contribution >= 4 is 50.7 Å². The minimum atomic E-state index is -0.970. The Morgan fingerprint density at radius 3 is 2.00 bits per heavy atom. The van der Waals surface area contributed by atoms with Crippen molar-refractivity contribution in [3.63, 3.8) is 0 Å². The minimum Gasteiger partial charge on any atom is -0.322 e. The molecule has 0 fully saturated rings. The summed E-state index contributed by atoms with van der Waals surface area (Å²) < 4.78 is 27.5. The standard InChI is InChI=1S/C13H6BrCl2F2NO/c14-6-1-10(17)12(11(18)2-6)13(20)19-9-4-7(15)3-8(16)5-9/h1-5H,(H,19,20). The molecule has 0 saturated heterocycles. The first kappa shape index (κ1) is 15.2. The topological polar surface area (TPSA) is 29.1 Å². The molecule has 0 aliphatic rings. The Morgan fingerprint density at radius 1 is 1.00 bits per heavy atom. The second kappa shape index (κ2) is 6.08. The second-order valence-corrected chi connectivity index (χ2v) is 5.65. The van der Waals surface area contributed by atoms with Gasteiger partial charge < -0.3 is 5.32 Å². The van der Waals surface area contributed by atoms with Gasteiger partial charge in [0, 0.05) is 20.2 Å². The Labute approximate surface area is 131 Å². The zero-order chi connectivity index (χ0) is 14.9. The number of halogens is 5. The predicted molar refractivity (Wildman–Crippen MR) is 78.5 cm³/mol. The van der Waals surface area contributed by atoms with Gasteiger partial charge in [0.15, 0.2) is 0 Å². The van der Waals surface area contributed by atoms with Crippen molar-refractivity contribution in [2.45, 2.75) is 0 Å². The third kappa shape index (κ3) is 3.48. The van der Waals surface area contributed by atoms with Crippen molar-refractivity contribution in [2.75, 3.05) is 5.32 Å². The van der Waals surface area contributed by atoms with Crippen LogP contribution in [0.25, 0.3) is 0 Å². The van der Waals surface area contributed by atoms with Gasteiger partial charge in [-0.15, -0.1) is 0 Å². The van der Waals surface area contributed by atoms with Crippen LogP contribution in [-0.4, -0.2) is 5.91 Å². The molecule has 0 spiro atoms. The molecule has 0 bridgehead atoms. The molecule has 2 aromatic carbocycles. The smallest absolute Gasteiger partial charge is 0.261 e. The molecule has 0 heterocycles. The van der Waals surface area contributed by atoms with Crippen LogP contribution in [0.5, 0.6) is 0 Å². The summed E-state index contributed by atoms with van der Waals surface area (Å²) >= 11 is 14.5. The molecule has 0 unspecified atom stereocenters. The van der Waals surface area contributed by atoms with Gasteiger partial charge in [0.05, 0.1) is 0 Å². The summed E-state index contributed by atoms with van der Waals surface area (Å²) in [4.78, 5) is 11.9. The van der Waals surface area contributed by atoms with E-state index >= 15 is 0 Å². The third-order valence-electron chi connectivity index (χ3n) is 2.35. The van der Waals surface area contributed by atoms with Crippen LogP contribution in [0.15, 0.2) is 34.8 Å². The maximum atomic E-state index is 13.6. The lowest BCUT2D eigenvalue weighted by atomic mass is 10.2. The van der Waals surface area contributed by atoms with Crippen molar-refractivity contribution in [3.05, 3.63) is 62.0 Å². The fourth-order valence-electron chi connectivity index (χ4n) is 1.58. The quantitative estimate of drug-likeness (QED) is 0.753. The molecule has 20 heavy (non-hydrogen) atoms. The molecule has 1 N–H and O–H groups in total. The van der Waals surface area contributed by atoms with Crippen LogP contribution < -0.4 is 5.32 Å². The highest BCUT2D eigenvalue weighted by atomic mass is 79.9. The number of nitrogens with one attached hydrogen (secondary N) is 1. The van der Waals surface area contributed by atoms with Gasteiger partial charge in [-0.05, 0) is 30.3 Å². The highest BCUT2D eigenvalue weighted by molar-refractivity contribution is 9.10. The number of benzene rings is 2. The van der Waals surface area contributed by atoms with Crippen molar-refractivity contribution < 1.29 is 13.6 Å². The molecule has 0 radical (unpaired) electrons. The van der Waals surface area contributed by atoms with Crippen LogP contribution in [0, 0.1) is 11.6 Å². The first-order chi connectivity index (χ1) is 9.36. The highest BCUT2D eigenvalue weighted by Gasteiger charge is 2.18.